The number of rotatable bonds is 4. The van der Waals surface area contributed by atoms with Crippen molar-refractivity contribution in [2.75, 3.05) is 11.9 Å². The molecule has 78 valence electrons. The van der Waals surface area contributed by atoms with Crippen LogP contribution >= 0.6 is 0 Å². The van der Waals surface area contributed by atoms with Crippen molar-refractivity contribution in [1.82, 2.24) is 0 Å². The lowest BCUT2D eigenvalue weighted by atomic mass is 10.1. The fraction of sp³-hybridized carbons (Fsp3) is 0.308. The van der Waals surface area contributed by atoms with Gasteiger partial charge in [-0.2, -0.15) is 0 Å². The number of Topliss-reactive ketones (excluding diaryl/α,β-unsaturated/α-hetero) is 1. The Morgan fingerprint density at radius 3 is 2.53 bits per heavy atom. The molecule has 1 aromatic rings. The SMILES string of the molecule is CC#CCCNc1ccc(C(C)=O)cc1. The lowest BCUT2D eigenvalue weighted by Gasteiger charge is -2.04. The Labute approximate surface area is 90.7 Å². The van der Waals surface area contributed by atoms with Gasteiger partial charge >= 0.3 is 0 Å². The molecule has 0 unspecified atom stereocenters. The molecule has 15 heavy (non-hydrogen) atoms. The Balaban J connectivity index is 2.48. The minimum absolute atomic E-state index is 0.0957. The minimum Gasteiger partial charge on any atom is -0.384 e. The number of carbonyl (C=O) groups excluding carboxylic acids is 1. The van der Waals surface area contributed by atoms with Gasteiger partial charge < -0.3 is 5.32 Å². The first-order valence-corrected chi connectivity index (χ1v) is 4.98. The van der Waals surface area contributed by atoms with Crippen LogP contribution in [0.1, 0.15) is 30.6 Å². The predicted octanol–water partition coefficient (Wildman–Crippen LogP) is 2.71. The summed E-state index contributed by atoms with van der Waals surface area (Å²) in [5, 5.41) is 3.23. The van der Waals surface area contributed by atoms with Crippen LogP contribution in [-0.2, 0) is 0 Å². The Hall–Kier alpha value is -1.75. The quantitative estimate of drug-likeness (QED) is 0.461. The summed E-state index contributed by atoms with van der Waals surface area (Å²) in [5.74, 6) is 5.92. The molecule has 0 fully saturated rings. The van der Waals surface area contributed by atoms with Crippen LogP contribution in [0.15, 0.2) is 24.3 Å². The van der Waals surface area contributed by atoms with Gasteiger partial charge in [0.1, 0.15) is 0 Å². The zero-order chi connectivity index (χ0) is 11.1. The van der Waals surface area contributed by atoms with E-state index in [2.05, 4.69) is 17.2 Å². The zero-order valence-corrected chi connectivity index (χ0v) is 9.13. The first kappa shape index (κ1) is 11.3. The summed E-state index contributed by atoms with van der Waals surface area (Å²) in [6, 6.07) is 7.48. The normalized spacial score (nSPS) is 8.93. The Morgan fingerprint density at radius 2 is 2.00 bits per heavy atom. The van der Waals surface area contributed by atoms with Gasteiger partial charge in [-0.15, -0.1) is 11.8 Å². The summed E-state index contributed by atoms with van der Waals surface area (Å²) in [7, 11) is 0. The highest BCUT2D eigenvalue weighted by Gasteiger charge is 1.97. The lowest BCUT2D eigenvalue weighted by Crippen LogP contribution is -2.00. The zero-order valence-electron chi connectivity index (χ0n) is 9.13. The third-order valence-electron chi connectivity index (χ3n) is 2.05. The largest absolute Gasteiger partial charge is 0.384 e. The van der Waals surface area contributed by atoms with Crippen molar-refractivity contribution in [1.29, 1.82) is 0 Å². The number of benzene rings is 1. The molecule has 0 radical (unpaired) electrons. The third kappa shape index (κ3) is 3.86. The van der Waals surface area contributed by atoms with Crippen LogP contribution in [0.4, 0.5) is 5.69 Å². The van der Waals surface area contributed by atoms with Gasteiger partial charge in [-0.1, -0.05) is 0 Å². The van der Waals surface area contributed by atoms with Crippen molar-refractivity contribution >= 4 is 11.5 Å². The van der Waals surface area contributed by atoms with E-state index in [1.807, 2.05) is 31.2 Å². The van der Waals surface area contributed by atoms with Crippen molar-refractivity contribution in [2.45, 2.75) is 20.3 Å². The number of hydrogen-bond donors (Lipinski definition) is 1. The van der Waals surface area contributed by atoms with Crippen LogP contribution < -0.4 is 5.32 Å². The molecule has 1 rings (SSSR count). The molecule has 0 bridgehead atoms. The molecule has 0 aliphatic heterocycles. The molecule has 0 aromatic heterocycles. The summed E-state index contributed by atoms with van der Waals surface area (Å²) >= 11 is 0. The summed E-state index contributed by atoms with van der Waals surface area (Å²) in [6.07, 6.45) is 0.838. The molecule has 0 saturated carbocycles. The molecule has 1 aromatic carbocycles. The van der Waals surface area contributed by atoms with Crippen molar-refractivity contribution in [2.24, 2.45) is 0 Å². The van der Waals surface area contributed by atoms with Crippen molar-refractivity contribution in [3.05, 3.63) is 29.8 Å². The number of ketones is 1. The van der Waals surface area contributed by atoms with E-state index in [9.17, 15) is 4.79 Å². The van der Waals surface area contributed by atoms with Crippen LogP contribution in [0.3, 0.4) is 0 Å². The molecule has 0 atom stereocenters. The van der Waals surface area contributed by atoms with Gasteiger partial charge in [-0.05, 0) is 38.1 Å². The van der Waals surface area contributed by atoms with E-state index in [1.165, 1.54) is 0 Å². The molecule has 0 spiro atoms. The summed E-state index contributed by atoms with van der Waals surface area (Å²) in [6.45, 7) is 4.24. The van der Waals surface area contributed by atoms with E-state index in [-0.39, 0.29) is 5.78 Å². The van der Waals surface area contributed by atoms with Crippen LogP contribution in [-0.4, -0.2) is 12.3 Å². The lowest BCUT2D eigenvalue weighted by molar-refractivity contribution is 0.101. The fourth-order valence-corrected chi connectivity index (χ4v) is 1.22. The monoisotopic (exact) mass is 201 g/mol. The van der Waals surface area contributed by atoms with Gasteiger partial charge in [-0.25, -0.2) is 0 Å². The third-order valence-corrected chi connectivity index (χ3v) is 2.05. The Bertz CT molecular complexity index is 381. The molecule has 0 heterocycles. The average molecular weight is 201 g/mol. The van der Waals surface area contributed by atoms with Gasteiger partial charge in [0.05, 0.1) is 0 Å². The Kier molecular flexibility index (Phi) is 4.43. The van der Waals surface area contributed by atoms with E-state index in [4.69, 9.17) is 0 Å². The van der Waals surface area contributed by atoms with E-state index >= 15 is 0 Å². The highest BCUT2D eigenvalue weighted by molar-refractivity contribution is 5.94. The molecule has 0 aliphatic rings. The van der Waals surface area contributed by atoms with Crippen molar-refractivity contribution in [3.63, 3.8) is 0 Å². The maximum atomic E-state index is 11.0. The first-order valence-electron chi connectivity index (χ1n) is 4.98. The van der Waals surface area contributed by atoms with Crippen LogP contribution in [0.5, 0.6) is 0 Å². The Morgan fingerprint density at radius 1 is 1.33 bits per heavy atom. The van der Waals surface area contributed by atoms with Gasteiger partial charge in [0.2, 0.25) is 0 Å². The summed E-state index contributed by atoms with van der Waals surface area (Å²) < 4.78 is 0. The van der Waals surface area contributed by atoms with Gasteiger partial charge in [-0.3, -0.25) is 4.79 Å². The number of nitrogens with one attached hydrogen (secondary N) is 1. The topological polar surface area (TPSA) is 29.1 Å². The highest BCUT2D eigenvalue weighted by Crippen LogP contribution is 2.09. The van der Waals surface area contributed by atoms with Crippen LogP contribution in [0.25, 0.3) is 0 Å². The van der Waals surface area contributed by atoms with E-state index in [0.717, 1.165) is 24.2 Å². The maximum absolute atomic E-state index is 11.0. The van der Waals surface area contributed by atoms with Crippen molar-refractivity contribution in [3.8, 4) is 11.8 Å². The second-order valence-electron chi connectivity index (χ2n) is 3.24. The van der Waals surface area contributed by atoms with E-state index in [1.54, 1.807) is 6.92 Å². The second-order valence-corrected chi connectivity index (χ2v) is 3.24. The fourth-order valence-electron chi connectivity index (χ4n) is 1.22. The molecule has 0 aliphatic carbocycles. The first-order chi connectivity index (χ1) is 7.24. The molecular weight excluding hydrogens is 186 g/mol. The predicted molar refractivity (Wildman–Crippen MR) is 63.0 cm³/mol. The standard InChI is InChI=1S/C13H15NO/c1-3-4-5-10-14-13-8-6-12(7-9-13)11(2)15/h6-9,14H,5,10H2,1-2H3. The highest BCUT2D eigenvalue weighted by atomic mass is 16.1. The average Bonchev–Trinajstić information content (AvgIpc) is 2.25. The second kappa shape index (κ2) is 5.87. The van der Waals surface area contributed by atoms with Crippen molar-refractivity contribution < 1.29 is 4.79 Å². The molecule has 0 saturated heterocycles. The molecule has 2 heteroatoms. The maximum Gasteiger partial charge on any atom is 0.159 e. The van der Waals surface area contributed by atoms with Crippen LogP contribution in [0, 0.1) is 11.8 Å². The van der Waals surface area contributed by atoms with Gasteiger partial charge in [0.25, 0.3) is 0 Å². The molecule has 2 nitrogen and oxygen atoms in total. The van der Waals surface area contributed by atoms with E-state index < -0.39 is 0 Å². The van der Waals surface area contributed by atoms with Crippen LogP contribution in [0.2, 0.25) is 0 Å². The summed E-state index contributed by atoms with van der Waals surface area (Å²) in [5.41, 5.74) is 1.77. The van der Waals surface area contributed by atoms with E-state index in [0.29, 0.717) is 0 Å². The van der Waals surface area contributed by atoms with Gasteiger partial charge in [0, 0.05) is 24.2 Å². The van der Waals surface area contributed by atoms with Gasteiger partial charge in [0.15, 0.2) is 5.78 Å². The molecule has 1 N–H and O–H groups in total. The smallest absolute Gasteiger partial charge is 0.159 e. The minimum atomic E-state index is 0.0957. The number of hydrogen-bond acceptors (Lipinski definition) is 2. The molecular formula is C13H15NO. The number of anilines is 1. The summed E-state index contributed by atoms with van der Waals surface area (Å²) in [4.78, 5) is 11.0. The number of carbonyl (C=O) groups is 1. The molecule has 0 amide bonds.